The second-order valence-corrected chi connectivity index (χ2v) is 5.16. The molecule has 0 unspecified atom stereocenters. The summed E-state index contributed by atoms with van der Waals surface area (Å²) in [6.45, 7) is 3.35. The zero-order chi connectivity index (χ0) is 17.1. The van der Waals surface area contributed by atoms with Crippen LogP contribution in [-0.4, -0.2) is 23.5 Å². The van der Waals surface area contributed by atoms with Crippen LogP contribution < -0.4 is 10.6 Å². The van der Waals surface area contributed by atoms with Gasteiger partial charge in [0, 0.05) is 28.4 Å². The van der Waals surface area contributed by atoms with Crippen molar-refractivity contribution in [3.05, 3.63) is 50.2 Å². The van der Waals surface area contributed by atoms with Gasteiger partial charge in [-0.25, -0.2) is 9.59 Å². The van der Waals surface area contributed by atoms with Gasteiger partial charge in [-0.3, -0.25) is 10.1 Å². The predicted octanol–water partition coefficient (Wildman–Crippen LogP) is 2.44. The summed E-state index contributed by atoms with van der Waals surface area (Å²) in [5.41, 5.74) is 0.504. The van der Waals surface area contributed by atoms with Gasteiger partial charge in [0.15, 0.2) is 0 Å². The third-order valence-electron chi connectivity index (χ3n) is 3.27. The Kier molecular flexibility index (Phi) is 4.85. The van der Waals surface area contributed by atoms with Gasteiger partial charge in [0.25, 0.3) is 5.69 Å². The van der Waals surface area contributed by atoms with Gasteiger partial charge in [0.05, 0.1) is 23.1 Å². The summed E-state index contributed by atoms with van der Waals surface area (Å²) in [6, 6.07) is 2.35. The lowest BCUT2D eigenvalue weighted by Crippen LogP contribution is -2.45. The van der Waals surface area contributed by atoms with Crippen LogP contribution in [0.1, 0.15) is 25.5 Å². The highest BCUT2D eigenvalue weighted by Crippen LogP contribution is 2.34. The monoisotopic (exact) mass is 339 g/mol. The number of urea groups is 1. The number of hydrogen-bond acceptors (Lipinski definition) is 5. The highest BCUT2D eigenvalue weighted by molar-refractivity contribution is 6.31. The molecule has 2 amide bonds. The Balaban J connectivity index is 2.56. The Morgan fingerprint density at radius 3 is 2.78 bits per heavy atom. The summed E-state index contributed by atoms with van der Waals surface area (Å²) >= 11 is 6.11. The number of hydrogen-bond donors (Lipinski definition) is 2. The van der Waals surface area contributed by atoms with Crippen molar-refractivity contribution in [3.8, 4) is 0 Å². The molecule has 0 bridgehead atoms. The smallest absolute Gasteiger partial charge is 0.338 e. The molecule has 122 valence electrons. The van der Waals surface area contributed by atoms with Gasteiger partial charge in [0.1, 0.15) is 0 Å². The third-order valence-corrected chi connectivity index (χ3v) is 3.61. The SMILES string of the molecule is CCOC(=O)C1=C(C)NC(=O)N[C@H]1c1cc([N+](=O)[O-])ccc1Cl. The molecule has 1 aliphatic heterocycles. The molecule has 23 heavy (non-hydrogen) atoms. The highest BCUT2D eigenvalue weighted by Gasteiger charge is 2.34. The zero-order valence-corrected chi connectivity index (χ0v) is 13.1. The topological polar surface area (TPSA) is 111 Å². The number of halogens is 1. The van der Waals surface area contributed by atoms with Crippen molar-refractivity contribution < 1.29 is 19.2 Å². The molecule has 9 heteroatoms. The van der Waals surface area contributed by atoms with Gasteiger partial charge in [-0.2, -0.15) is 0 Å². The molecule has 8 nitrogen and oxygen atoms in total. The predicted molar refractivity (Wildman–Crippen MR) is 81.8 cm³/mol. The number of benzene rings is 1. The van der Waals surface area contributed by atoms with Crippen molar-refractivity contribution in [1.29, 1.82) is 0 Å². The summed E-state index contributed by atoms with van der Waals surface area (Å²) in [6.07, 6.45) is 0. The number of nitrogens with zero attached hydrogens (tertiary/aromatic N) is 1. The summed E-state index contributed by atoms with van der Waals surface area (Å²) in [5.74, 6) is -0.634. The summed E-state index contributed by atoms with van der Waals surface area (Å²) in [4.78, 5) is 34.3. The Labute approximate surface area is 136 Å². The minimum atomic E-state index is -0.935. The van der Waals surface area contributed by atoms with Crippen LogP contribution in [0.25, 0.3) is 0 Å². The number of rotatable bonds is 4. The van der Waals surface area contributed by atoms with Crippen molar-refractivity contribution >= 4 is 29.3 Å². The van der Waals surface area contributed by atoms with E-state index in [0.717, 1.165) is 0 Å². The van der Waals surface area contributed by atoms with E-state index in [4.69, 9.17) is 16.3 Å². The van der Waals surface area contributed by atoms with Crippen LogP contribution >= 0.6 is 11.6 Å². The van der Waals surface area contributed by atoms with Gasteiger partial charge in [-0.15, -0.1) is 0 Å². The maximum Gasteiger partial charge on any atom is 0.338 e. The van der Waals surface area contributed by atoms with E-state index in [9.17, 15) is 19.7 Å². The van der Waals surface area contributed by atoms with Crippen molar-refractivity contribution in [2.45, 2.75) is 19.9 Å². The summed E-state index contributed by atoms with van der Waals surface area (Å²) in [5, 5.41) is 16.2. The maximum atomic E-state index is 12.2. The van der Waals surface area contributed by atoms with Crippen LogP contribution in [0.2, 0.25) is 5.02 Å². The van der Waals surface area contributed by atoms with E-state index in [2.05, 4.69) is 10.6 Å². The van der Waals surface area contributed by atoms with E-state index in [-0.39, 0.29) is 28.5 Å². The lowest BCUT2D eigenvalue weighted by Gasteiger charge is -2.28. The molecule has 2 N–H and O–H groups in total. The molecule has 2 rings (SSSR count). The fourth-order valence-corrected chi connectivity index (χ4v) is 2.50. The molecule has 0 fully saturated rings. The number of nitrogens with one attached hydrogen (secondary N) is 2. The lowest BCUT2D eigenvalue weighted by molar-refractivity contribution is -0.384. The molecular formula is C14H14ClN3O5. The van der Waals surface area contributed by atoms with E-state index in [1.807, 2.05) is 0 Å². The minimum Gasteiger partial charge on any atom is -0.463 e. The molecular weight excluding hydrogens is 326 g/mol. The minimum absolute atomic E-state index is 0.147. The molecule has 0 saturated heterocycles. The summed E-state index contributed by atoms with van der Waals surface area (Å²) < 4.78 is 4.99. The number of esters is 1. The van der Waals surface area contributed by atoms with Gasteiger partial charge >= 0.3 is 12.0 Å². The summed E-state index contributed by atoms with van der Waals surface area (Å²) in [7, 11) is 0. The van der Waals surface area contributed by atoms with Crippen molar-refractivity contribution in [3.63, 3.8) is 0 Å². The van der Waals surface area contributed by atoms with Crippen LogP contribution in [0.15, 0.2) is 29.5 Å². The first-order valence-electron chi connectivity index (χ1n) is 6.74. The number of ether oxygens (including phenoxy) is 1. The first kappa shape index (κ1) is 16.8. The maximum absolute atomic E-state index is 12.2. The van der Waals surface area contributed by atoms with E-state index >= 15 is 0 Å². The van der Waals surface area contributed by atoms with Gasteiger partial charge < -0.3 is 15.4 Å². The number of carbonyl (C=O) groups is 2. The Morgan fingerprint density at radius 1 is 1.48 bits per heavy atom. The fraction of sp³-hybridized carbons (Fsp3) is 0.286. The number of carbonyl (C=O) groups excluding carboxylic acids is 2. The van der Waals surface area contributed by atoms with Crippen LogP contribution in [0, 0.1) is 10.1 Å². The van der Waals surface area contributed by atoms with E-state index in [1.54, 1.807) is 13.8 Å². The molecule has 1 aromatic rings. The van der Waals surface area contributed by atoms with Crippen LogP contribution in [0.3, 0.4) is 0 Å². The van der Waals surface area contributed by atoms with E-state index < -0.39 is 23.0 Å². The number of allylic oxidation sites excluding steroid dienone is 1. The average Bonchev–Trinajstić information content (AvgIpc) is 2.46. The normalized spacial score (nSPS) is 17.3. The van der Waals surface area contributed by atoms with Gasteiger partial charge in [-0.05, 0) is 19.9 Å². The number of nitro groups is 1. The molecule has 0 saturated carbocycles. The Morgan fingerprint density at radius 2 is 2.17 bits per heavy atom. The number of nitro benzene ring substituents is 1. The quantitative estimate of drug-likeness (QED) is 0.497. The standard InChI is InChI=1S/C14H14ClN3O5/c1-3-23-13(19)11-7(2)16-14(20)17-12(11)9-6-8(18(21)22)4-5-10(9)15/h4-6,12H,3H2,1-2H3,(H2,16,17,20)/t12-/m0/s1. The van der Waals surface area contributed by atoms with Gasteiger partial charge in [0.2, 0.25) is 0 Å². The number of non-ortho nitro benzene ring substituents is 1. The van der Waals surface area contributed by atoms with Crippen molar-refractivity contribution in [2.75, 3.05) is 6.61 Å². The molecule has 1 aliphatic rings. The fourth-order valence-electron chi connectivity index (χ4n) is 2.27. The van der Waals surface area contributed by atoms with E-state index in [0.29, 0.717) is 5.70 Å². The second-order valence-electron chi connectivity index (χ2n) is 4.75. The van der Waals surface area contributed by atoms with Crippen molar-refractivity contribution in [2.24, 2.45) is 0 Å². The zero-order valence-electron chi connectivity index (χ0n) is 12.4. The number of amides is 2. The second kappa shape index (κ2) is 6.66. The van der Waals surface area contributed by atoms with Crippen LogP contribution in [0.5, 0.6) is 0 Å². The van der Waals surface area contributed by atoms with Crippen molar-refractivity contribution in [1.82, 2.24) is 10.6 Å². The van der Waals surface area contributed by atoms with Crippen LogP contribution in [-0.2, 0) is 9.53 Å². The molecule has 1 heterocycles. The molecule has 1 aromatic carbocycles. The van der Waals surface area contributed by atoms with Gasteiger partial charge in [-0.1, -0.05) is 11.6 Å². The molecule has 1 atom stereocenters. The largest absolute Gasteiger partial charge is 0.463 e. The lowest BCUT2D eigenvalue weighted by atomic mass is 9.95. The first-order valence-corrected chi connectivity index (χ1v) is 7.12. The molecule has 0 aliphatic carbocycles. The van der Waals surface area contributed by atoms with E-state index in [1.165, 1.54) is 18.2 Å². The Hall–Kier alpha value is -2.61. The van der Waals surface area contributed by atoms with Crippen LogP contribution in [0.4, 0.5) is 10.5 Å². The molecule has 0 aromatic heterocycles. The average molecular weight is 340 g/mol. The highest BCUT2D eigenvalue weighted by atomic mass is 35.5. The Bertz CT molecular complexity index is 716. The molecule has 0 radical (unpaired) electrons. The first-order chi connectivity index (χ1) is 10.8. The third kappa shape index (κ3) is 3.42. The molecule has 0 spiro atoms.